The summed E-state index contributed by atoms with van der Waals surface area (Å²) in [7, 11) is 6.69. The summed E-state index contributed by atoms with van der Waals surface area (Å²) in [6.45, 7) is 68.4. The number of benzene rings is 1. The van der Waals surface area contributed by atoms with Crippen LogP contribution in [0.1, 0.15) is 318 Å². The van der Waals surface area contributed by atoms with Gasteiger partial charge in [-0.15, -0.1) is 0 Å². The molecule has 10 N–H and O–H groups in total. The summed E-state index contributed by atoms with van der Waals surface area (Å²) in [5, 5.41) is 104. The van der Waals surface area contributed by atoms with Gasteiger partial charge in [0.1, 0.15) is 65.3 Å². The molecule has 0 amide bonds. The number of methoxy groups -OCH3 is 3. The highest BCUT2D eigenvalue weighted by atomic mass is 16.7. The summed E-state index contributed by atoms with van der Waals surface area (Å²) in [4.78, 5) is 68.6. The molecule has 2 bridgehead atoms. The maximum Gasteiger partial charge on any atom is 0.311 e. The Balaban J connectivity index is 0.000000374. The number of piperidine rings is 2. The summed E-state index contributed by atoms with van der Waals surface area (Å²) in [5.41, 5.74) is -7.27. The lowest BCUT2D eigenvalue weighted by Gasteiger charge is -2.48. The van der Waals surface area contributed by atoms with Crippen LogP contribution in [0.15, 0.2) is 47.8 Å². The number of carbonyl (C=O) groups excluding carboxylic acids is 4. The van der Waals surface area contributed by atoms with Gasteiger partial charge in [0.2, 0.25) is 0 Å². The minimum atomic E-state index is -1.84. The van der Waals surface area contributed by atoms with Gasteiger partial charge in [0.15, 0.2) is 18.4 Å². The minimum Gasteiger partial charge on any atom is -0.459 e. The molecule has 0 aliphatic carbocycles. The fourth-order valence-electron chi connectivity index (χ4n) is 23.2. The average molecular weight is 2030 g/mol. The van der Waals surface area contributed by atoms with Crippen LogP contribution in [0.3, 0.4) is 0 Å². The van der Waals surface area contributed by atoms with Crippen molar-refractivity contribution in [3.05, 3.63) is 48.2 Å². The van der Waals surface area contributed by atoms with Gasteiger partial charge in [-0.3, -0.25) is 24.2 Å². The van der Waals surface area contributed by atoms with Crippen molar-refractivity contribution in [3.8, 4) is 0 Å². The van der Waals surface area contributed by atoms with Crippen molar-refractivity contribution in [1.82, 2.24) is 20.5 Å². The van der Waals surface area contributed by atoms with Crippen molar-refractivity contribution in [1.29, 1.82) is 0 Å². The van der Waals surface area contributed by atoms with E-state index < -0.39 is 190 Å². The van der Waals surface area contributed by atoms with Gasteiger partial charge in [0.25, 0.3) is 0 Å². The lowest BCUT2D eigenvalue weighted by Crippen LogP contribution is -2.59. The Bertz CT molecular complexity index is 4200. The highest BCUT2D eigenvalue weighted by Crippen LogP contribution is 2.51. The van der Waals surface area contributed by atoms with Crippen molar-refractivity contribution in [2.45, 2.75) is 467 Å². The van der Waals surface area contributed by atoms with Crippen molar-refractivity contribution in [3.63, 3.8) is 0 Å². The minimum absolute atomic E-state index is 0.0481. The first-order chi connectivity index (χ1) is 66.8. The van der Waals surface area contributed by atoms with Gasteiger partial charge in [-0.25, -0.2) is 0 Å². The lowest BCUT2D eigenvalue weighted by atomic mass is 9.70. The van der Waals surface area contributed by atoms with Gasteiger partial charge in [-0.05, 0) is 221 Å². The number of rotatable bonds is 16. The first-order valence-corrected chi connectivity index (χ1v) is 54.2. The van der Waals surface area contributed by atoms with Crippen LogP contribution in [0.5, 0.6) is 0 Å². The Morgan fingerprint density at radius 1 is 0.538 bits per heavy atom. The summed E-state index contributed by atoms with van der Waals surface area (Å²) in [6, 6.07) is 9.57. The first kappa shape index (κ1) is 129. The maximum atomic E-state index is 14.3. The van der Waals surface area contributed by atoms with E-state index in [1.807, 2.05) is 174 Å². The molecule has 2 aromatic rings. The molecule has 8 aliphatic heterocycles. The summed E-state index contributed by atoms with van der Waals surface area (Å²) < 4.78 is 81.5. The number of nitrogens with zero attached hydrogens (tertiary/aromatic N) is 3. The molecule has 9 heterocycles. The van der Waals surface area contributed by atoms with Gasteiger partial charge >= 0.3 is 17.9 Å². The quantitative estimate of drug-likeness (QED) is 0.0424. The molecule has 1 unspecified atom stereocenters. The molecule has 828 valence electrons. The van der Waals surface area contributed by atoms with Gasteiger partial charge in [-0.2, -0.15) is 0 Å². The number of fused-ring (bicyclic) bond motifs is 4. The smallest absolute Gasteiger partial charge is 0.311 e. The number of carbonyl (C=O) groups is 4. The number of para-hydroxylation sites is 1. The standard InChI is InChI=1S/C43H65NO10.C35H64N2O10.C28H52N2O6.3C2H6/c1-13-34-43(10,48)39(51-20-16-17-31-21-32-18-14-15-19-33(32)44-24-31)27(4)36(45)25(2)22-41(8,49-11)29(6)26(3)37(28(5)40(47)53-34)54-35-23-42(9,50-12)38(46)30(7)52-35;1-12-26-35(10,42)30(38)21(4)28(37-47-25-14-13-15-36-18-25)19(2)16-33(8,41)23(6)20(3)29(22(5)32(40)45-26)46-27-17-34(9,43-11)31(39)24(7)44-27;1-10-22-27(8,33)24(31)21(6)30(9)16-17(2)15-26(7)20(5)18(3)23(19(4)25(32)34-22)35-28(36-26)11-13-29-14-12-28;3*1-2/h14-19,21,24-30,34-35,37-39,46,48H,13,20,22-23H2,1-12H3;19-27,29-31,36,38-39,41-42H,12-18H2,1-11H3;17-24,29,31,33H,10-16H2,1-9H3;3*1-2H3/b17-16+;;;;;/t25-,26-,27+,28-,29-,30+,34-,35+,37+,38+,39-,41-,42-,43-;19-,20-,21+,22-,23-,24+,25?,26-,27+,29+,30-,31+,33-,34-,35-;17-,18-,19-,20-,21-,22-,23+,24-,26+,27-;;;/m111.../s1. The Labute approximate surface area is 860 Å². The molecule has 0 saturated carbocycles. The molecule has 31 heteroatoms. The summed E-state index contributed by atoms with van der Waals surface area (Å²) in [5.74, 6) is -7.64. The van der Waals surface area contributed by atoms with Crippen LogP contribution in [0, 0.1) is 82.9 Å². The van der Waals surface area contributed by atoms with E-state index >= 15 is 0 Å². The number of hydrogen-bond donors (Lipinski definition) is 10. The monoisotopic (exact) mass is 2030 g/mol. The molecule has 8 aliphatic rings. The van der Waals surface area contributed by atoms with E-state index in [0.29, 0.717) is 25.1 Å². The number of aromatic nitrogens is 1. The third kappa shape index (κ3) is 31.4. The fraction of sp³-hybridized carbons (Fsp3) is 0.857. The molecular weight excluding hydrogens is 1830 g/mol. The van der Waals surface area contributed by atoms with Crippen LogP contribution < -0.4 is 10.6 Å². The van der Waals surface area contributed by atoms with Crippen LogP contribution in [0.4, 0.5) is 0 Å². The van der Waals surface area contributed by atoms with Crippen LogP contribution >= 0.6 is 0 Å². The number of oxime groups is 1. The van der Waals surface area contributed by atoms with Gasteiger partial charge in [-0.1, -0.05) is 174 Å². The normalized spacial score (nSPS) is 43.4. The lowest BCUT2D eigenvalue weighted by molar-refractivity contribution is -0.307. The van der Waals surface area contributed by atoms with Gasteiger partial charge in [0, 0.05) is 114 Å². The molecule has 0 radical (unpaired) electrons. The molecule has 39 atom stereocenters. The van der Waals surface area contributed by atoms with Crippen LogP contribution in [0.25, 0.3) is 17.0 Å². The molecule has 31 nitrogen and oxygen atoms in total. The maximum absolute atomic E-state index is 14.3. The number of aliphatic hydroxyl groups excluding tert-OH is 4. The number of pyridine rings is 1. The highest BCUT2D eigenvalue weighted by molar-refractivity contribution is 5.89. The van der Waals surface area contributed by atoms with E-state index in [1.54, 1.807) is 96.6 Å². The van der Waals surface area contributed by atoms with E-state index in [0.717, 1.165) is 74.7 Å². The number of likely N-dealkylation sites (N-methyl/N-ethyl adjacent to an activating group) is 1. The molecule has 1 aromatic carbocycles. The van der Waals surface area contributed by atoms with Crippen LogP contribution in [-0.2, 0) is 85.6 Å². The highest BCUT2D eigenvalue weighted by Gasteiger charge is 2.59. The Morgan fingerprint density at radius 3 is 1.51 bits per heavy atom. The summed E-state index contributed by atoms with van der Waals surface area (Å²) >= 11 is 0. The number of ether oxygens (including phenoxy) is 13. The Morgan fingerprint density at radius 2 is 1.02 bits per heavy atom. The third-order valence-electron chi connectivity index (χ3n) is 33.8. The van der Waals surface area contributed by atoms with Crippen molar-refractivity contribution in [2.24, 2.45) is 88.0 Å². The second-order valence-corrected chi connectivity index (χ2v) is 44.4. The number of hydrogen-bond acceptors (Lipinski definition) is 31. The second-order valence-electron chi connectivity index (χ2n) is 44.4. The van der Waals surface area contributed by atoms with E-state index in [9.17, 15) is 60.0 Å². The van der Waals surface area contributed by atoms with E-state index in [2.05, 4.69) is 53.4 Å². The van der Waals surface area contributed by atoms with Crippen molar-refractivity contribution < 1.29 is 126 Å². The zero-order chi connectivity index (χ0) is 109. The number of cyclic esters (lactones) is 3. The third-order valence-corrected chi connectivity index (χ3v) is 33.8. The second kappa shape index (κ2) is 55.9. The number of ketones is 1. The first-order valence-electron chi connectivity index (χ1n) is 54.2. The predicted molar refractivity (Wildman–Crippen MR) is 558 cm³/mol. The molecule has 143 heavy (non-hydrogen) atoms. The SMILES string of the molecule is CC.CC.CC.CC[C@H]1OC(=O)[C@H](C)[C@@H](O[C@H]2C[C@@](C)(OC)[C@@H](O)[C@H](C)O2)[C@H](C)[C@@H](C)[C@](C)(O)C[C@@H](C)C(=NOC2CCCNC2)[C@H](C)[C@@H](O)[C@]1(C)O.CC[C@H]1OC(=O)[C@H](C)[C@@H](O[C@H]2C[C@@](C)(OC)[C@@H](O)[C@H](C)O2)[C@H](C)[C@@H](C)[C@](C)(OC)C[C@@H](C)C(=O)[C@H](C)[C@@H](OC/C=C/c2cnc3ccccc3c2)[C@]1(C)O.CC[C@H]1OC(=O)[C@H](C)[C@H]2OC3(CCNCC3)O[C@@](C)(C[C@@H](C)CN(C)[C@H](C)[C@@H](O)[C@]1(C)O)[C@H](C)[C@H]2C. The van der Waals surface area contributed by atoms with E-state index in [-0.39, 0.29) is 110 Å². The Kier molecular flexibility index (Phi) is 50.3. The Hall–Kier alpha value is -4.92. The predicted octanol–water partition coefficient (Wildman–Crippen LogP) is 15.7. The number of nitrogens with one attached hydrogen (secondary N) is 2. The van der Waals surface area contributed by atoms with Crippen molar-refractivity contribution in [2.75, 3.05) is 67.7 Å². The molecule has 8 fully saturated rings. The molecule has 8 saturated heterocycles. The fourth-order valence-corrected chi connectivity index (χ4v) is 23.2. The number of esters is 3. The number of aliphatic hydroxyl groups is 8. The summed E-state index contributed by atoms with van der Waals surface area (Å²) in [6.07, 6.45) is -1.31. The van der Waals surface area contributed by atoms with Gasteiger partial charge < -0.3 is 123 Å². The topological polar surface area (TPSA) is 412 Å². The van der Waals surface area contributed by atoms with Gasteiger partial charge in [0.05, 0.1) is 106 Å². The van der Waals surface area contributed by atoms with E-state index in [4.69, 9.17) is 66.4 Å². The number of Topliss-reactive ketones (excluding diaryl/α,β-unsaturated/α-hetero) is 1. The largest absolute Gasteiger partial charge is 0.459 e. The molecular formula is C112H199N5O26. The van der Waals surface area contributed by atoms with Crippen molar-refractivity contribution >= 4 is 46.4 Å². The van der Waals surface area contributed by atoms with E-state index in [1.165, 1.54) is 14.0 Å². The van der Waals surface area contributed by atoms with Crippen LogP contribution in [0.2, 0.25) is 0 Å². The molecule has 1 aromatic heterocycles. The molecule has 10 rings (SSSR count). The van der Waals surface area contributed by atoms with Crippen LogP contribution in [-0.4, -0.2) is 303 Å². The molecule has 1 spiro atoms. The zero-order valence-electron chi connectivity index (χ0n) is 95.0. The average Bonchev–Trinajstić information content (AvgIpc) is 1.66. The zero-order valence-corrected chi connectivity index (χ0v) is 95.0.